The standard InChI is InChI=1S/C18H15O7/c1-22-13-9-12(15(21)14(20)11-7-5-4-6-8-11)16(25-10-19)18(24-3)17(13)23-2/h4-9H,1-3H3. The molecule has 129 valence electrons. The van der Waals surface area contributed by atoms with Crippen molar-refractivity contribution < 1.29 is 33.3 Å². The summed E-state index contributed by atoms with van der Waals surface area (Å²) in [5.74, 6) is -1.75. The van der Waals surface area contributed by atoms with E-state index in [0.29, 0.717) is 0 Å². The smallest absolute Gasteiger partial charge is 0.423 e. The van der Waals surface area contributed by atoms with Gasteiger partial charge in [-0.3, -0.25) is 9.59 Å². The Kier molecular flexibility index (Phi) is 5.73. The molecule has 0 N–H and O–H groups in total. The largest absolute Gasteiger partial charge is 0.493 e. The van der Waals surface area contributed by atoms with Crippen molar-refractivity contribution in [3.8, 4) is 23.0 Å². The van der Waals surface area contributed by atoms with E-state index in [4.69, 9.17) is 18.9 Å². The summed E-state index contributed by atoms with van der Waals surface area (Å²) in [4.78, 5) is 35.8. The maximum absolute atomic E-state index is 12.7. The Morgan fingerprint density at radius 3 is 2.00 bits per heavy atom. The first-order valence-electron chi connectivity index (χ1n) is 7.10. The number of benzene rings is 2. The Hall–Kier alpha value is -3.35. The Bertz CT molecular complexity index is 797. The molecular formula is C18H15O7. The normalized spacial score (nSPS) is 9.88. The second-order valence-electron chi connectivity index (χ2n) is 4.73. The second kappa shape index (κ2) is 7.96. The van der Waals surface area contributed by atoms with Gasteiger partial charge in [0.2, 0.25) is 23.1 Å². The molecule has 0 saturated heterocycles. The van der Waals surface area contributed by atoms with E-state index in [1.54, 1.807) is 18.2 Å². The van der Waals surface area contributed by atoms with Crippen molar-refractivity contribution >= 4 is 18.0 Å². The molecule has 25 heavy (non-hydrogen) atoms. The van der Waals surface area contributed by atoms with Crippen molar-refractivity contribution in [1.82, 2.24) is 0 Å². The lowest BCUT2D eigenvalue weighted by atomic mass is 9.99. The molecule has 2 rings (SSSR count). The van der Waals surface area contributed by atoms with Gasteiger partial charge in [-0.15, -0.1) is 0 Å². The zero-order chi connectivity index (χ0) is 18.4. The van der Waals surface area contributed by atoms with Crippen molar-refractivity contribution in [2.75, 3.05) is 21.3 Å². The van der Waals surface area contributed by atoms with Crippen LogP contribution in [0, 0.1) is 0 Å². The molecule has 1 radical (unpaired) electrons. The summed E-state index contributed by atoms with van der Waals surface area (Å²) in [6.07, 6.45) is 0. The Morgan fingerprint density at radius 1 is 0.840 bits per heavy atom. The van der Waals surface area contributed by atoms with Gasteiger partial charge < -0.3 is 18.9 Å². The van der Waals surface area contributed by atoms with Gasteiger partial charge in [0.1, 0.15) is 0 Å². The van der Waals surface area contributed by atoms with Gasteiger partial charge in [-0.2, -0.15) is 0 Å². The van der Waals surface area contributed by atoms with E-state index < -0.39 is 11.6 Å². The SMILES string of the molecule is COc1cc(C(=O)C(=O)c2ccccc2)c(O[C]=O)c(OC)c1OC. The molecule has 0 saturated carbocycles. The van der Waals surface area contributed by atoms with Crippen LogP contribution >= 0.6 is 0 Å². The minimum Gasteiger partial charge on any atom is -0.493 e. The van der Waals surface area contributed by atoms with Crippen molar-refractivity contribution in [2.45, 2.75) is 0 Å². The van der Waals surface area contributed by atoms with E-state index in [1.165, 1.54) is 46.0 Å². The molecule has 0 aromatic heterocycles. The maximum Gasteiger partial charge on any atom is 0.423 e. The highest BCUT2D eigenvalue weighted by Crippen LogP contribution is 2.46. The topological polar surface area (TPSA) is 88.1 Å². The second-order valence-corrected chi connectivity index (χ2v) is 4.73. The fraction of sp³-hybridized carbons (Fsp3) is 0.167. The number of hydrogen-bond donors (Lipinski definition) is 0. The molecule has 0 unspecified atom stereocenters. The van der Waals surface area contributed by atoms with Crippen molar-refractivity contribution in [1.29, 1.82) is 0 Å². The molecule has 0 fully saturated rings. The fourth-order valence-corrected chi connectivity index (χ4v) is 2.28. The number of ketones is 2. The van der Waals surface area contributed by atoms with E-state index in [2.05, 4.69) is 0 Å². The summed E-state index contributed by atoms with van der Waals surface area (Å²) in [5, 5.41) is 0. The zero-order valence-electron chi connectivity index (χ0n) is 13.8. The number of carbonyl (C=O) groups excluding carboxylic acids is 3. The first-order chi connectivity index (χ1) is 12.1. The summed E-state index contributed by atoms with van der Waals surface area (Å²) in [5.41, 5.74) is -0.00557. The molecule has 0 spiro atoms. The molecule has 0 aliphatic rings. The summed E-state index contributed by atoms with van der Waals surface area (Å²) < 4.78 is 20.3. The minimum absolute atomic E-state index is 0.0607. The Morgan fingerprint density at radius 2 is 1.48 bits per heavy atom. The van der Waals surface area contributed by atoms with Crippen LogP contribution in [0.3, 0.4) is 0 Å². The molecule has 0 aliphatic heterocycles. The Balaban J connectivity index is 2.64. The predicted octanol–water partition coefficient (Wildman–Crippen LogP) is 2.22. The molecule has 0 atom stereocenters. The van der Waals surface area contributed by atoms with Gasteiger partial charge in [-0.05, 0) is 6.07 Å². The van der Waals surface area contributed by atoms with E-state index >= 15 is 0 Å². The monoisotopic (exact) mass is 343 g/mol. The third-order valence-electron chi connectivity index (χ3n) is 3.42. The van der Waals surface area contributed by atoms with Gasteiger partial charge in [-0.25, -0.2) is 4.79 Å². The molecule has 7 nitrogen and oxygen atoms in total. The molecular weight excluding hydrogens is 328 g/mol. The summed E-state index contributed by atoms with van der Waals surface area (Å²) >= 11 is 0. The third-order valence-corrected chi connectivity index (χ3v) is 3.42. The van der Waals surface area contributed by atoms with Crippen molar-refractivity contribution in [2.24, 2.45) is 0 Å². The summed E-state index contributed by atoms with van der Waals surface area (Å²) in [7, 11) is 4.00. The summed E-state index contributed by atoms with van der Waals surface area (Å²) in [6.45, 7) is 1.23. The van der Waals surface area contributed by atoms with Crippen LogP contribution in [0.15, 0.2) is 36.4 Å². The molecule has 2 aromatic rings. The van der Waals surface area contributed by atoms with Gasteiger partial charge >= 0.3 is 6.47 Å². The average Bonchev–Trinajstić information content (AvgIpc) is 2.66. The van der Waals surface area contributed by atoms with Crippen LogP contribution in [0.5, 0.6) is 23.0 Å². The van der Waals surface area contributed by atoms with E-state index in [1.807, 2.05) is 0 Å². The zero-order valence-corrected chi connectivity index (χ0v) is 13.8. The molecule has 2 aromatic carbocycles. The van der Waals surface area contributed by atoms with Gasteiger partial charge in [0.25, 0.3) is 0 Å². The number of rotatable bonds is 8. The highest BCUT2D eigenvalue weighted by Gasteiger charge is 2.29. The number of methoxy groups -OCH3 is 3. The molecule has 7 heteroatoms. The van der Waals surface area contributed by atoms with E-state index in [9.17, 15) is 14.4 Å². The van der Waals surface area contributed by atoms with Crippen LogP contribution in [-0.2, 0) is 4.79 Å². The van der Waals surface area contributed by atoms with Gasteiger partial charge in [-0.1, -0.05) is 30.3 Å². The van der Waals surface area contributed by atoms with Crippen LogP contribution in [0.4, 0.5) is 0 Å². The number of hydrogen-bond acceptors (Lipinski definition) is 7. The molecule has 0 aliphatic carbocycles. The quantitative estimate of drug-likeness (QED) is 0.536. The first kappa shape index (κ1) is 18.0. The maximum atomic E-state index is 12.7. The van der Waals surface area contributed by atoms with Crippen LogP contribution in [-0.4, -0.2) is 39.4 Å². The van der Waals surface area contributed by atoms with Crippen LogP contribution < -0.4 is 18.9 Å². The van der Waals surface area contributed by atoms with Crippen LogP contribution in [0.25, 0.3) is 0 Å². The number of ether oxygens (including phenoxy) is 4. The molecule has 0 amide bonds. The minimum atomic E-state index is -0.893. The molecule has 0 bridgehead atoms. The lowest BCUT2D eigenvalue weighted by molar-refractivity contribution is 0.0815. The van der Waals surface area contributed by atoms with Crippen LogP contribution in [0.1, 0.15) is 20.7 Å². The summed E-state index contributed by atoms with van der Waals surface area (Å²) in [6, 6.07) is 9.24. The number of Topliss-reactive ketones (excluding diaryl/α,β-unsaturated/α-hetero) is 2. The predicted molar refractivity (Wildman–Crippen MR) is 87.5 cm³/mol. The Labute approximate surface area is 144 Å². The van der Waals surface area contributed by atoms with Crippen molar-refractivity contribution in [3.63, 3.8) is 0 Å². The van der Waals surface area contributed by atoms with E-state index in [-0.39, 0.29) is 34.1 Å². The van der Waals surface area contributed by atoms with Crippen LogP contribution in [0.2, 0.25) is 0 Å². The lowest BCUT2D eigenvalue weighted by Gasteiger charge is -2.17. The van der Waals surface area contributed by atoms with Gasteiger partial charge in [0, 0.05) is 5.56 Å². The van der Waals surface area contributed by atoms with Gasteiger partial charge in [0.05, 0.1) is 26.9 Å². The highest BCUT2D eigenvalue weighted by molar-refractivity contribution is 6.49. The first-order valence-corrected chi connectivity index (χ1v) is 7.10. The van der Waals surface area contributed by atoms with E-state index in [0.717, 1.165) is 0 Å². The van der Waals surface area contributed by atoms with Crippen molar-refractivity contribution in [3.05, 3.63) is 47.5 Å². The fourth-order valence-electron chi connectivity index (χ4n) is 2.28. The average molecular weight is 343 g/mol. The number of carbonyl (C=O) groups is 2. The molecule has 0 heterocycles. The third kappa shape index (κ3) is 3.45. The highest BCUT2D eigenvalue weighted by atomic mass is 16.6. The lowest BCUT2D eigenvalue weighted by Crippen LogP contribution is -2.16. The van der Waals surface area contributed by atoms with Gasteiger partial charge in [0.15, 0.2) is 11.5 Å².